The molecule has 0 aliphatic heterocycles. The van der Waals surface area contributed by atoms with Gasteiger partial charge in [0.15, 0.2) is 5.58 Å². The predicted molar refractivity (Wildman–Crippen MR) is 58.5 cm³/mol. The summed E-state index contributed by atoms with van der Waals surface area (Å²) in [6.07, 6.45) is 3.06. The van der Waals surface area contributed by atoms with Crippen molar-refractivity contribution in [2.75, 3.05) is 0 Å². The number of rotatable bonds is 2. The van der Waals surface area contributed by atoms with Gasteiger partial charge >= 0.3 is 0 Å². The lowest BCUT2D eigenvalue weighted by atomic mass is 10.0. The second kappa shape index (κ2) is 2.83. The van der Waals surface area contributed by atoms with E-state index in [0.717, 1.165) is 35.9 Å². The largest absolute Gasteiger partial charge is 0.356 e. The van der Waals surface area contributed by atoms with Gasteiger partial charge in [0.05, 0.1) is 5.69 Å². The molecule has 0 saturated heterocycles. The van der Waals surface area contributed by atoms with Gasteiger partial charge in [0.1, 0.15) is 0 Å². The maximum atomic E-state index is 6.14. The lowest BCUT2D eigenvalue weighted by Crippen LogP contribution is -2.18. The third-order valence-electron chi connectivity index (χ3n) is 3.25. The lowest BCUT2D eigenvalue weighted by molar-refractivity contribution is 0.446. The second-order valence-electron chi connectivity index (χ2n) is 4.35. The molecule has 1 aliphatic rings. The minimum absolute atomic E-state index is 0.0899. The van der Waals surface area contributed by atoms with E-state index < -0.39 is 0 Å². The molecule has 0 radical (unpaired) electrons. The molecule has 0 spiro atoms. The average molecular weight is 202 g/mol. The van der Waals surface area contributed by atoms with Crippen molar-refractivity contribution in [3.8, 4) is 0 Å². The number of nitrogens with zero attached hydrogens (tertiary/aromatic N) is 1. The molecule has 1 aliphatic carbocycles. The van der Waals surface area contributed by atoms with Crippen LogP contribution in [-0.4, -0.2) is 5.16 Å². The number of nitrogens with two attached hydrogens (primary N) is 1. The normalized spacial score (nSPS) is 18.3. The van der Waals surface area contributed by atoms with Crippen LogP contribution in [0.15, 0.2) is 22.7 Å². The smallest absolute Gasteiger partial charge is 0.167 e. The predicted octanol–water partition coefficient (Wildman–Crippen LogP) is 2.34. The van der Waals surface area contributed by atoms with Crippen LogP contribution in [0.25, 0.3) is 11.0 Å². The van der Waals surface area contributed by atoms with E-state index in [9.17, 15) is 0 Å². The molecule has 0 unspecified atom stereocenters. The van der Waals surface area contributed by atoms with Gasteiger partial charge in [0, 0.05) is 10.9 Å². The zero-order valence-corrected chi connectivity index (χ0v) is 8.79. The van der Waals surface area contributed by atoms with Crippen LogP contribution in [0, 0.1) is 0 Å². The van der Waals surface area contributed by atoms with Gasteiger partial charge in [-0.3, -0.25) is 0 Å². The number of hydrogen-bond acceptors (Lipinski definition) is 3. The summed E-state index contributed by atoms with van der Waals surface area (Å²) < 4.78 is 5.30. The summed E-state index contributed by atoms with van der Waals surface area (Å²) in [5.74, 6) is 0. The molecule has 1 fully saturated rings. The SMILES string of the molecule is CCc1noc2cc(C3(N)CC3)ccc12. The fraction of sp³-hybridized carbons (Fsp3) is 0.417. The van der Waals surface area contributed by atoms with Crippen LogP contribution in [0.1, 0.15) is 31.0 Å². The maximum absolute atomic E-state index is 6.14. The average Bonchev–Trinajstić information content (AvgIpc) is 2.88. The second-order valence-corrected chi connectivity index (χ2v) is 4.35. The summed E-state index contributed by atoms with van der Waals surface area (Å²) in [6.45, 7) is 2.08. The molecule has 1 aromatic heterocycles. The Kier molecular flexibility index (Phi) is 1.68. The number of benzene rings is 1. The fourth-order valence-corrected chi connectivity index (χ4v) is 1.98. The van der Waals surface area contributed by atoms with Gasteiger partial charge in [-0.25, -0.2) is 0 Å². The van der Waals surface area contributed by atoms with Crippen LogP contribution in [-0.2, 0) is 12.0 Å². The minimum Gasteiger partial charge on any atom is -0.356 e. The Hall–Kier alpha value is -1.35. The van der Waals surface area contributed by atoms with Gasteiger partial charge in [0.25, 0.3) is 0 Å². The molecule has 0 bridgehead atoms. The highest BCUT2D eigenvalue weighted by atomic mass is 16.5. The van der Waals surface area contributed by atoms with E-state index in [0.29, 0.717) is 0 Å². The summed E-state index contributed by atoms with van der Waals surface area (Å²) in [6, 6.07) is 6.22. The third kappa shape index (κ3) is 1.27. The Bertz CT molecular complexity index is 511. The van der Waals surface area contributed by atoms with Crippen molar-refractivity contribution in [3.05, 3.63) is 29.5 Å². The lowest BCUT2D eigenvalue weighted by Gasteiger charge is -2.07. The van der Waals surface area contributed by atoms with Crippen LogP contribution in [0.3, 0.4) is 0 Å². The standard InChI is InChI=1S/C12H14N2O/c1-2-10-9-4-3-8(12(13)5-6-12)7-11(9)15-14-10/h3-4,7H,2,5-6,13H2,1H3. The van der Waals surface area contributed by atoms with Crippen LogP contribution in [0.2, 0.25) is 0 Å². The first-order valence-electron chi connectivity index (χ1n) is 5.40. The van der Waals surface area contributed by atoms with E-state index >= 15 is 0 Å². The Morgan fingerprint density at radius 2 is 2.27 bits per heavy atom. The fourth-order valence-electron chi connectivity index (χ4n) is 1.98. The molecule has 1 heterocycles. The van der Waals surface area contributed by atoms with E-state index in [1.54, 1.807) is 0 Å². The van der Waals surface area contributed by atoms with Crippen molar-refractivity contribution in [1.29, 1.82) is 0 Å². The van der Waals surface area contributed by atoms with E-state index in [1.165, 1.54) is 5.56 Å². The number of fused-ring (bicyclic) bond motifs is 1. The molecule has 3 rings (SSSR count). The number of aryl methyl sites for hydroxylation is 1. The maximum Gasteiger partial charge on any atom is 0.167 e. The molecular weight excluding hydrogens is 188 g/mol. The zero-order valence-electron chi connectivity index (χ0n) is 8.79. The Morgan fingerprint density at radius 3 is 2.93 bits per heavy atom. The third-order valence-corrected chi connectivity index (χ3v) is 3.25. The monoisotopic (exact) mass is 202 g/mol. The Balaban J connectivity index is 2.15. The molecule has 3 heteroatoms. The van der Waals surface area contributed by atoms with Crippen molar-refractivity contribution in [2.24, 2.45) is 5.73 Å². The topological polar surface area (TPSA) is 52.0 Å². The molecule has 15 heavy (non-hydrogen) atoms. The van der Waals surface area contributed by atoms with Crippen LogP contribution in [0.5, 0.6) is 0 Å². The Labute approximate surface area is 88.2 Å². The van der Waals surface area contributed by atoms with Gasteiger partial charge in [-0.05, 0) is 37.0 Å². The molecule has 1 saturated carbocycles. The highest BCUT2D eigenvalue weighted by molar-refractivity contribution is 5.80. The summed E-state index contributed by atoms with van der Waals surface area (Å²) in [5, 5.41) is 5.16. The Morgan fingerprint density at radius 1 is 1.47 bits per heavy atom. The number of aromatic nitrogens is 1. The molecule has 0 amide bonds. The van der Waals surface area contributed by atoms with Crippen molar-refractivity contribution >= 4 is 11.0 Å². The van der Waals surface area contributed by atoms with Crippen molar-refractivity contribution in [3.63, 3.8) is 0 Å². The van der Waals surface area contributed by atoms with Crippen molar-refractivity contribution in [2.45, 2.75) is 31.7 Å². The summed E-state index contributed by atoms with van der Waals surface area (Å²) in [5.41, 5.74) is 9.11. The minimum atomic E-state index is -0.0899. The van der Waals surface area contributed by atoms with E-state index in [2.05, 4.69) is 24.2 Å². The first kappa shape index (κ1) is 8.92. The van der Waals surface area contributed by atoms with Gasteiger partial charge in [-0.1, -0.05) is 18.1 Å². The van der Waals surface area contributed by atoms with Gasteiger partial charge in [-0.2, -0.15) is 0 Å². The molecule has 3 nitrogen and oxygen atoms in total. The molecule has 2 aromatic rings. The summed E-state index contributed by atoms with van der Waals surface area (Å²) >= 11 is 0. The molecule has 0 atom stereocenters. The van der Waals surface area contributed by atoms with Gasteiger partial charge in [-0.15, -0.1) is 0 Å². The van der Waals surface area contributed by atoms with Crippen molar-refractivity contribution in [1.82, 2.24) is 5.16 Å². The molecule has 1 aromatic carbocycles. The molecule has 78 valence electrons. The van der Waals surface area contributed by atoms with Gasteiger partial charge in [0.2, 0.25) is 0 Å². The van der Waals surface area contributed by atoms with Crippen molar-refractivity contribution < 1.29 is 4.52 Å². The van der Waals surface area contributed by atoms with Gasteiger partial charge < -0.3 is 10.3 Å². The van der Waals surface area contributed by atoms with Crippen LogP contribution in [0.4, 0.5) is 0 Å². The molecule has 2 N–H and O–H groups in total. The first-order chi connectivity index (χ1) is 7.23. The summed E-state index contributed by atoms with van der Waals surface area (Å²) in [7, 11) is 0. The quantitative estimate of drug-likeness (QED) is 0.813. The van der Waals surface area contributed by atoms with E-state index in [4.69, 9.17) is 10.3 Å². The first-order valence-corrected chi connectivity index (χ1v) is 5.40. The summed E-state index contributed by atoms with van der Waals surface area (Å²) in [4.78, 5) is 0. The van der Waals surface area contributed by atoms with Crippen LogP contribution < -0.4 is 5.73 Å². The number of hydrogen-bond donors (Lipinski definition) is 1. The van der Waals surface area contributed by atoms with E-state index in [1.807, 2.05) is 6.07 Å². The highest BCUT2D eigenvalue weighted by Crippen LogP contribution is 2.43. The van der Waals surface area contributed by atoms with E-state index in [-0.39, 0.29) is 5.54 Å². The van der Waals surface area contributed by atoms with Crippen LogP contribution >= 0.6 is 0 Å². The molecular formula is C12H14N2O. The highest BCUT2D eigenvalue weighted by Gasteiger charge is 2.40. The zero-order chi connectivity index (χ0) is 10.5.